The second-order valence-corrected chi connectivity index (χ2v) is 5.03. The van der Waals surface area contributed by atoms with E-state index in [1.165, 1.54) is 6.07 Å². The number of imidazole rings is 1. The van der Waals surface area contributed by atoms with E-state index < -0.39 is 0 Å². The van der Waals surface area contributed by atoms with E-state index >= 15 is 0 Å². The summed E-state index contributed by atoms with van der Waals surface area (Å²) in [6.07, 6.45) is 0. The molecule has 0 radical (unpaired) electrons. The van der Waals surface area contributed by atoms with Gasteiger partial charge in [0.1, 0.15) is 5.82 Å². The molecule has 0 saturated heterocycles. The third-order valence-corrected chi connectivity index (χ3v) is 3.18. The molecular weight excluding hydrogens is 311 g/mol. The number of H-pyrrole nitrogens is 1. The Morgan fingerprint density at radius 2 is 2.05 bits per heavy atom. The fraction of sp³-hybridized carbons (Fsp3) is 0. The zero-order valence-electron chi connectivity index (χ0n) is 9.74. The molecule has 2 aromatic carbocycles. The van der Waals surface area contributed by atoms with Crippen LogP contribution in [0, 0.1) is 5.82 Å². The number of nitrogen functional groups attached to an aromatic ring is 1. The lowest BCUT2D eigenvalue weighted by atomic mass is 10.3. The van der Waals surface area contributed by atoms with Crippen LogP contribution in [0.5, 0.6) is 0 Å². The zero-order valence-corrected chi connectivity index (χ0v) is 11.3. The highest BCUT2D eigenvalue weighted by molar-refractivity contribution is 9.10. The molecule has 3 rings (SSSR count). The summed E-state index contributed by atoms with van der Waals surface area (Å²) in [6, 6.07) is 10.0. The topological polar surface area (TPSA) is 66.7 Å². The lowest BCUT2D eigenvalue weighted by Crippen LogP contribution is -1.95. The molecule has 4 N–H and O–H groups in total. The maximum atomic E-state index is 13.6. The molecule has 0 bridgehead atoms. The Balaban J connectivity index is 1.98. The number of benzene rings is 2. The highest BCUT2D eigenvalue weighted by Gasteiger charge is 2.07. The fourth-order valence-electron chi connectivity index (χ4n) is 1.81. The Morgan fingerprint density at radius 3 is 2.89 bits per heavy atom. The van der Waals surface area contributed by atoms with Gasteiger partial charge in [-0.05, 0) is 36.4 Å². The van der Waals surface area contributed by atoms with Crippen molar-refractivity contribution < 1.29 is 4.39 Å². The maximum Gasteiger partial charge on any atom is 0.205 e. The maximum absolute atomic E-state index is 13.6. The van der Waals surface area contributed by atoms with Gasteiger partial charge in [-0.3, -0.25) is 0 Å². The van der Waals surface area contributed by atoms with Gasteiger partial charge < -0.3 is 16.0 Å². The number of rotatable bonds is 2. The predicted octanol–water partition coefficient (Wildman–Crippen LogP) is 3.79. The summed E-state index contributed by atoms with van der Waals surface area (Å²) in [5.74, 6) is 0.126. The minimum absolute atomic E-state index is 0.344. The van der Waals surface area contributed by atoms with Crippen molar-refractivity contribution in [2.24, 2.45) is 0 Å². The van der Waals surface area contributed by atoms with Crippen LogP contribution < -0.4 is 11.1 Å². The molecule has 3 aromatic rings. The minimum atomic E-state index is -0.344. The Hall–Kier alpha value is -2.08. The van der Waals surface area contributed by atoms with Gasteiger partial charge in [-0.15, -0.1) is 0 Å². The molecule has 19 heavy (non-hydrogen) atoms. The SMILES string of the molecule is Nc1ccc2nc(Nc3cc(Br)ccc3F)[nH]c2c1. The first-order valence-corrected chi connectivity index (χ1v) is 6.38. The molecule has 0 unspecified atom stereocenters. The highest BCUT2D eigenvalue weighted by Crippen LogP contribution is 2.24. The zero-order chi connectivity index (χ0) is 13.4. The molecule has 0 aliphatic rings. The third-order valence-electron chi connectivity index (χ3n) is 2.69. The van der Waals surface area contributed by atoms with E-state index in [1.54, 1.807) is 24.3 Å². The number of fused-ring (bicyclic) bond motifs is 1. The second-order valence-electron chi connectivity index (χ2n) is 4.11. The summed E-state index contributed by atoms with van der Waals surface area (Å²) in [7, 11) is 0. The van der Waals surface area contributed by atoms with Crippen molar-refractivity contribution >= 4 is 44.3 Å². The van der Waals surface area contributed by atoms with Gasteiger partial charge in [-0.1, -0.05) is 15.9 Å². The molecular formula is C13H10BrFN4. The van der Waals surface area contributed by atoms with Crippen molar-refractivity contribution in [2.75, 3.05) is 11.1 Å². The van der Waals surface area contributed by atoms with E-state index in [4.69, 9.17) is 5.73 Å². The average Bonchev–Trinajstić information content (AvgIpc) is 2.75. The smallest absolute Gasteiger partial charge is 0.205 e. The molecule has 0 fully saturated rings. The van der Waals surface area contributed by atoms with Gasteiger partial charge in [0.25, 0.3) is 0 Å². The molecule has 6 heteroatoms. The number of nitrogens with zero attached hydrogens (tertiary/aromatic N) is 1. The number of hydrogen-bond acceptors (Lipinski definition) is 3. The molecule has 4 nitrogen and oxygen atoms in total. The lowest BCUT2D eigenvalue weighted by Gasteiger charge is -2.04. The van der Waals surface area contributed by atoms with E-state index in [1.807, 2.05) is 6.07 Å². The number of hydrogen-bond donors (Lipinski definition) is 3. The van der Waals surface area contributed by atoms with Gasteiger partial charge in [-0.2, -0.15) is 0 Å². The number of aromatic nitrogens is 2. The molecule has 1 aromatic heterocycles. The van der Waals surface area contributed by atoms with Crippen LogP contribution >= 0.6 is 15.9 Å². The molecule has 1 heterocycles. The Kier molecular flexibility index (Phi) is 2.87. The Labute approximate surface area is 117 Å². The second kappa shape index (κ2) is 4.55. The summed E-state index contributed by atoms with van der Waals surface area (Å²) < 4.78 is 14.4. The van der Waals surface area contributed by atoms with Crippen LogP contribution in [0.25, 0.3) is 11.0 Å². The van der Waals surface area contributed by atoms with Crippen LogP contribution in [0.3, 0.4) is 0 Å². The van der Waals surface area contributed by atoms with Gasteiger partial charge in [-0.25, -0.2) is 9.37 Å². The Morgan fingerprint density at radius 1 is 1.21 bits per heavy atom. The van der Waals surface area contributed by atoms with Gasteiger partial charge in [0.15, 0.2) is 0 Å². The van der Waals surface area contributed by atoms with Crippen molar-refractivity contribution in [3.8, 4) is 0 Å². The molecule has 0 saturated carbocycles. The van der Waals surface area contributed by atoms with Gasteiger partial charge in [0, 0.05) is 10.2 Å². The third kappa shape index (κ3) is 2.39. The van der Waals surface area contributed by atoms with Crippen molar-refractivity contribution in [2.45, 2.75) is 0 Å². The number of aromatic amines is 1. The Bertz CT molecular complexity index is 753. The van der Waals surface area contributed by atoms with Crippen LogP contribution in [0.4, 0.5) is 21.7 Å². The van der Waals surface area contributed by atoms with Gasteiger partial charge in [0.2, 0.25) is 5.95 Å². The van der Waals surface area contributed by atoms with Crippen molar-refractivity contribution in [1.29, 1.82) is 0 Å². The van der Waals surface area contributed by atoms with Crippen molar-refractivity contribution in [3.63, 3.8) is 0 Å². The lowest BCUT2D eigenvalue weighted by molar-refractivity contribution is 0.631. The molecule has 96 valence electrons. The molecule has 0 amide bonds. The predicted molar refractivity (Wildman–Crippen MR) is 77.9 cm³/mol. The molecule has 0 aliphatic heterocycles. The van der Waals surface area contributed by atoms with E-state index in [2.05, 4.69) is 31.2 Å². The first-order valence-electron chi connectivity index (χ1n) is 5.59. The first kappa shape index (κ1) is 12.0. The summed E-state index contributed by atoms with van der Waals surface area (Å²) in [5.41, 5.74) is 8.27. The van der Waals surface area contributed by atoms with Crippen molar-refractivity contribution in [1.82, 2.24) is 9.97 Å². The van der Waals surface area contributed by atoms with Crippen LogP contribution in [0.1, 0.15) is 0 Å². The average molecular weight is 321 g/mol. The van der Waals surface area contributed by atoms with Gasteiger partial charge in [0.05, 0.1) is 16.7 Å². The van der Waals surface area contributed by atoms with E-state index in [0.29, 0.717) is 17.3 Å². The standard InChI is InChI=1S/C13H10BrFN4/c14-7-1-3-9(15)11(5-7)18-13-17-10-4-2-8(16)6-12(10)19-13/h1-6H,16H2,(H2,17,18,19). The van der Waals surface area contributed by atoms with E-state index in [-0.39, 0.29) is 5.82 Å². The van der Waals surface area contributed by atoms with E-state index in [9.17, 15) is 4.39 Å². The van der Waals surface area contributed by atoms with Crippen LogP contribution in [-0.2, 0) is 0 Å². The van der Waals surface area contributed by atoms with Crippen molar-refractivity contribution in [3.05, 3.63) is 46.7 Å². The fourth-order valence-corrected chi connectivity index (χ4v) is 2.17. The number of nitrogens with two attached hydrogens (primary N) is 1. The number of anilines is 3. The first-order chi connectivity index (χ1) is 9.11. The monoisotopic (exact) mass is 320 g/mol. The number of halogens is 2. The minimum Gasteiger partial charge on any atom is -0.399 e. The highest BCUT2D eigenvalue weighted by atomic mass is 79.9. The van der Waals surface area contributed by atoms with Gasteiger partial charge >= 0.3 is 0 Å². The molecule has 0 atom stereocenters. The van der Waals surface area contributed by atoms with Crippen LogP contribution in [-0.4, -0.2) is 9.97 Å². The quantitative estimate of drug-likeness (QED) is 0.629. The number of nitrogens with one attached hydrogen (secondary N) is 2. The summed E-state index contributed by atoms with van der Waals surface area (Å²) in [5, 5.41) is 2.91. The summed E-state index contributed by atoms with van der Waals surface area (Å²) in [4.78, 5) is 7.36. The van der Waals surface area contributed by atoms with E-state index in [0.717, 1.165) is 15.5 Å². The summed E-state index contributed by atoms with van der Waals surface area (Å²) >= 11 is 3.30. The molecule has 0 spiro atoms. The largest absolute Gasteiger partial charge is 0.399 e. The van der Waals surface area contributed by atoms with Crippen LogP contribution in [0.2, 0.25) is 0 Å². The molecule has 0 aliphatic carbocycles. The normalized spacial score (nSPS) is 10.8. The van der Waals surface area contributed by atoms with Crippen LogP contribution in [0.15, 0.2) is 40.9 Å². The summed E-state index contributed by atoms with van der Waals surface area (Å²) in [6.45, 7) is 0.